The number of hydrogen-bond acceptors (Lipinski definition) is 7. The number of aliphatic hydroxyl groups is 1. The number of amides is 3. The smallest absolute Gasteiger partial charge is 0.328 e. The molecular formula is C16H24N6O6. The molecule has 0 spiro atoms. The lowest BCUT2D eigenvalue weighted by Crippen LogP contribution is -2.53. The Morgan fingerprint density at radius 3 is 2.75 bits per heavy atom. The third-order valence-corrected chi connectivity index (χ3v) is 4.39. The van der Waals surface area contributed by atoms with Crippen LogP contribution in [0.15, 0.2) is 12.5 Å². The molecule has 1 aromatic rings. The van der Waals surface area contributed by atoms with Gasteiger partial charge in [-0.15, -0.1) is 0 Å². The first-order valence-electron chi connectivity index (χ1n) is 8.77. The number of aromatic nitrogens is 2. The van der Waals surface area contributed by atoms with Crippen LogP contribution in [0.5, 0.6) is 0 Å². The van der Waals surface area contributed by atoms with Gasteiger partial charge >= 0.3 is 5.97 Å². The summed E-state index contributed by atoms with van der Waals surface area (Å²) in [6.07, 6.45) is 4.36. The fourth-order valence-electron chi connectivity index (χ4n) is 2.95. The SMILES string of the molecule is N[C@@H](Cc1cnc[nH]1)C(=O)N1CCC[C@H]1C(=O)NCC(=O)N[C@@H](CO)C(=O)O. The molecule has 0 radical (unpaired) electrons. The third-order valence-electron chi connectivity index (χ3n) is 4.39. The standard InChI is InChI=1S/C16H24N6O6/c17-10(4-9-5-18-8-20-9)15(26)22-3-1-2-12(22)14(25)19-6-13(24)21-11(7-23)16(27)28/h5,8,10-12,23H,1-4,6-7,17H2,(H,18,20)(H,19,25)(H,21,24)(H,27,28)/t10-,11-,12-/m0/s1. The second-order valence-corrected chi connectivity index (χ2v) is 6.44. The number of nitrogens with two attached hydrogens (primary N) is 1. The number of aliphatic carboxylic acids is 1. The van der Waals surface area contributed by atoms with E-state index in [4.69, 9.17) is 15.9 Å². The fourth-order valence-corrected chi connectivity index (χ4v) is 2.95. The number of hydrogen-bond donors (Lipinski definition) is 6. The summed E-state index contributed by atoms with van der Waals surface area (Å²) in [4.78, 5) is 55.6. The van der Waals surface area contributed by atoms with Crippen LogP contribution in [-0.4, -0.2) is 86.6 Å². The van der Waals surface area contributed by atoms with Gasteiger partial charge in [-0.05, 0) is 12.8 Å². The van der Waals surface area contributed by atoms with E-state index in [0.717, 1.165) is 0 Å². The zero-order valence-electron chi connectivity index (χ0n) is 15.1. The summed E-state index contributed by atoms with van der Waals surface area (Å²) in [5.41, 5.74) is 6.66. The molecule has 7 N–H and O–H groups in total. The molecule has 154 valence electrons. The maximum atomic E-state index is 12.6. The van der Waals surface area contributed by atoms with Crippen molar-refractivity contribution in [2.75, 3.05) is 19.7 Å². The highest BCUT2D eigenvalue weighted by Crippen LogP contribution is 2.18. The topological polar surface area (TPSA) is 191 Å². The first-order chi connectivity index (χ1) is 13.3. The minimum Gasteiger partial charge on any atom is -0.480 e. The molecular weight excluding hydrogens is 372 g/mol. The number of likely N-dealkylation sites (tertiary alicyclic amines) is 1. The van der Waals surface area contributed by atoms with Gasteiger partial charge in [0, 0.05) is 24.9 Å². The van der Waals surface area contributed by atoms with E-state index in [0.29, 0.717) is 25.1 Å². The number of carboxylic acids is 1. The number of nitrogens with zero attached hydrogens (tertiary/aromatic N) is 2. The van der Waals surface area contributed by atoms with E-state index >= 15 is 0 Å². The Morgan fingerprint density at radius 1 is 1.39 bits per heavy atom. The van der Waals surface area contributed by atoms with E-state index in [2.05, 4.69) is 20.6 Å². The van der Waals surface area contributed by atoms with Crippen molar-refractivity contribution in [3.63, 3.8) is 0 Å². The van der Waals surface area contributed by atoms with Gasteiger partial charge in [-0.2, -0.15) is 0 Å². The predicted octanol–water partition coefficient (Wildman–Crippen LogP) is -3.05. The monoisotopic (exact) mass is 396 g/mol. The number of H-pyrrole nitrogens is 1. The quantitative estimate of drug-likeness (QED) is 0.253. The Balaban J connectivity index is 1.87. The van der Waals surface area contributed by atoms with Crippen molar-refractivity contribution >= 4 is 23.7 Å². The van der Waals surface area contributed by atoms with Crippen LogP contribution < -0.4 is 16.4 Å². The summed E-state index contributed by atoms with van der Waals surface area (Å²) in [6, 6.07) is -3.03. The van der Waals surface area contributed by atoms with Gasteiger partial charge in [0.1, 0.15) is 12.1 Å². The molecule has 12 nitrogen and oxygen atoms in total. The summed E-state index contributed by atoms with van der Waals surface area (Å²) in [6.45, 7) is -0.860. The van der Waals surface area contributed by atoms with Crippen LogP contribution in [-0.2, 0) is 25.6 Å². The Kier molecular flexibility index (Phi) is 7.46. The maximum absolute atomic E-state index is 12.6. The number of aromatic amines is 1. The molecule has 1 saturated heterocycles. The van der Waals surface area contributed by atoms with Crippen LogP contribution in [0.3, 0.4) is 0 Å². The molecule has 1 aliphatic rings. The van der Waals surface area contributed by atoms with E-state index in [1.807, 2.05) is 0 Å². The molecule has 2 heterocycles. The molecule has 0 bridgehead atoms. The summed E-state index contributed by atoms with van der Waals surface area (Å²) in [5.74, 6) is -3.05. The normalized spacial score (nSPS) is 18.4. The maximum Gasteiger partial charge on any atom is 0.328 e. The van der Waals surface area contributed by atoms with Crippen molar-refractivity contribution in [2.45, 2.75) is 37.4 Å². The van der Waals surface area contributed by atoms with Crippen molar-refractivity contribution in [1.82, 2.24) is 25.5 Å². The Labute approximate surface area is 160 Å². The summed E-state index contributed by atoms with van der Waals surface area (Å²) >= 11 is 0. The summed E-state index contributed by atoms with van der Waals surface area (Å²) in [7, 11) is 0. The number of imidazole rings is 1. The fraction of sp³-hybridized carbons (Fsp3) is 0.562. The largest absolute Gasteiger partial charge is 0.480 e. The van der Waals surface area contributed by atoms with E-state index < -0.39 is 49.1 Å². The van der Waals surface area contributed by atoms with E-state index in [-0.39, 0.29) is 12.3 Å². The van der Waals surface area contributed by atoms with E-state index in [9.17, 15) is 19.2 Å². The highest BCUT2D eigenvalue weighted by atomic mass is 16.4. The van der Waals surface area contributed by atoms with Crippen LogP contribution in [0.1, 0.15) is 18.5 Å². The number of rotatable bonds is 9. The molecule has 1 aliphatic heterocycles. The Hall–Kier alpha value is -2.99. The third kappa shape index (κ3) is 5.50. The molecule has 0 saturated carbocycles. The second-order valence-electron chi connectivity index (χ2n) is 6.44. The zero-order chi connectivity index (χ0) is 20.7. The first-order valence-corrected chi connectivity index (χ1v) is 8.77. The van der Waals surface area contributed by atoms with Crippen molar-refractivity contribution in [3.05, 3.63) is 18.2 Å². The summed E-state index contributed by atoms with van der Waals surface area (Å²) < 4.78 is 0. The molecule has 0 aliphatic carbocycles. The molecule has 1 fully saturated rings. The van der Waals surface area contributed by atoms with Crippen molar-refractivity contribution < 1.29 is 29.4 Å². The van der Waals surface area contributed by atoms with Crippen LogP contribution in [0.4, 0.5) is 0 Å². The molecule has 12 heteroatoms. The average Bonchev–Trinajstić information content (AvgIpc) is 3.34. The summed E-state index contributed by atoms with van der Waals surface area (Å²) in [5, 5.41) is 22.1. The molecule has 3 amide bonds. The van der Waals surface area contributed by atoms with E-state index in [1.54, 1.807) is 6.20 Å². The average molecular weight is 396 g/mol. The van der Waals surface area contributed by atoms with Gasteiger partial charge < -0.3 is 36.5 Å². The van der Waals surface area contributed by atoms with Crippen LogP contribution in [0.2, 0.25) is 0 Å². The van der Waals surface area contributed by atoms with Crippen molar-refractivity contribution in [1.29, 1.82) is 0 Å². The predicted molar refractivity (Wildman–Crippen MR) is 94.7 cm³/mol. The van der Waals surface area contributed by atoms with Crippen LogP contribution >= 0.6 is 0 Å². The van der Waals surface area contributed by atoms with Gasteiger partial charge in [0.2, 0.25) is 17.7 Å². The van der Waals surface area contributed by atoms with Crippen molar-refractivity contribution in [3.8, 4) is 0 Å². The highest BCUT2D eigenvalue weighted by Gasteiger charge is 2.36. The minimum absolute atomic E-state index is 0.254. The number of carbonyl (C=O) groups is 4. The number of carbonyl (C=O) groups excluding carboxylic acids is 3. The number of carboxylic acid groups (broad SMARTS) is 1. The highest BCUT2D eigenvalue weighted by molar-refractivity contribution is 5.93. The molecule has 0 unspecified atom stereocenters. The van der Waals surface area contributed by atoms with Gasteiger partial charge in [-0.3, -0.25) is 14.4 Å². The Bertz CT molecular complexity index is 708. The van der Waals surface area contributed by atoms with Gasteiger partial charge in [0.15, 0.2) is 0 Å². The number of nitrogens with one attached hydrogen (secondary N) is 3. The van der Waals surface area contributed by atoms with Gasteiger partial charge in [-0.1, -0.05) is 0 Å². The number of aliphatic hydroxyl groups excluding tert-OH is 1. The minimum atomic E-state index is -1.45. The molecule has 1 aromatic heterocycles. The first kappa shape index (κ1) is 21.3. The van der Waals surface area contributed by atoms with E-state index in [1.165, 1.54) is 11.2 Å². The Morgan fingerprint density at radius 2 is 2.14 bits per heavy atom. The van der Waals surface area contributed by atoms with Gasteiger partial charge in [-0.25, -0.2) is 9.78 Å². The second kappa shape index (κ2) is 9.80. The molecule has 2 rings (SSSR count). The lowest BCUT2D eigenvalue weighted by atomic mass is 10.1. The molecule has 28 heavy (non-hydrogen) atoms. The van der Waals surface area contributed by atoms with Gasteiger partial charge in [0.05, 0.1) is 25.5 Å². The lowest BCUT2D eigenvalue weighted by molar-refractivity contribution is -0.143. The van der Waals surface area contributed by atoms with Crippen LogP contribution in [0.25, 0.3) is 0 Å². The molecule has 3 atom stereocenters. The zero-order valence-corrected chi connectivity index (χ0v) is 15.1. The lowest BCUT2D eigenvalue weighted by Gasteiger charge is -2.26. The van der Waals surface area contributed by atoms with Crippen LogP contribution in [0, 0.1) is 0 Å². The van der Waals surface area contributed by atoms with Crippen molar-refractivity contribution in [2.24, 2.45) is 5.73 Å². The van der Waals surface area contributed by atoms with Gasteiger partial charge in [0.25, 0.3) is 0 Å². The molecule has 0 aromatic carbocycles.